The van der Waals surface area contributed by atoms with Gasteiger partial charge in [0.25, 0.3) is 0 Å². The van der Waals surface area contributed by atoms with Crippen LogP contribution in [0.25, 0.3) is 10.9 Å². The number of amides is 1. The number of carbonyl (C=O) groups excluding carboxylic acids is 1. The molecule has 3 aromatic rings. The summed E-state index contributed by atoms with van der Waals surface area (Å²) >= 11 is 0. The van der Waals surface area contributed by atoms with Crippen molar-refractivity contribution in [3.63, 3.8) is 0 Å². The lowest BCUT2D eigenvalue weighted by molar-refractivity contribution is -0.153. The van der Waals surface area contributed by atoms with E-state index in [1.165, 1.54) is 0 Å². The number of H-pyrrole nitrogens is 1. The number of hydrogen-bond acceptors (Lipinski definition) is 5. The Morgan fingerprint density at radius 3 is 2.57 bits per heavy atom. The van der Waals surface area contributed by atoms with E-state index in [1.807, 2.05) is 42.5 Å². The van der Waals surface area contributed by atoms with Crippen LogP contribution in [-0.2, 0) is 16.0 Å². The second-order valence-electron chi connectivity index (χ2n) is 9.21. The van der Waals surface area contributed by atoms with Gasteiger partial charge in [0.15, 0.2) is 11.5 Å². The van der Waals surface area contributed by atoms with E-state index in [0.29, 0.717) is 11.5 Å². The minimum Gasteiger partial charge on any atom is -0.480 e. The van der Waals surface area contributed by atoms with Gasteiger partial charge in [-0.2, -0.15) is 0 Å². The summed E-state index contributed by atoms with van der Waals surface area (Å²) in [5, 5.41) is 11.3. The van der Waals surface area contributed by atoms with Gasteiger partial charge in [-0.25, -0.2) is 4.79 Å². The lowest BCUT2D eigenvalue weighted by Crippen LogP contribution is -2.54. The molecule has 8 heteroatoms. The molecule has 2 atom stereocenters. The average Bonchev–Trinajstić information content (AvgIpc) is 3.47. The van der Waals surface area contributed by atoms with E-state index >= 15 is 0 Å². The molecule has 8 nitrogen and oxygen atoms in total. The molecular formula is C27H31N3O5. The summed E-state index contributed by atoms with van der Waals surface area (Å²) in [5.74, 6) is 0.0542. The van der Waals surface area contributed by atoms with Crippen LogP contribution in [0.15, 0.2) is 42.5 Å². The molecule has 184 valence electrons. The topological polar surface area (TPSA) is 95.1 Å². The van der Waals surface area contributed by atoms with Crippen molar-refractivity contribution >= 4 is 22.8 Å². The van der Waals surface area contributed by atoms with E-state index in [9.17, 15) is 14.7 Å². The first-order chi connectivity index (χ1) is 17.0. The third-order valence-electron chi connectivity index (χ3n) is 6.86. The van der Waals surface area contributed by atoms with E-state index in [2.05, 4.69) is 23.7 Å². The van der Waals surface area contributed by atoms with Gasteiger partial charge in [-0.05, 0) is 55.3 Å². The number of nitrogens with zero attached hydrogens (tertiary/aromatic N) is 2. The number of aromatic nitrogens is 1. The van der Waals surface area contributed by atoms with E-state index in [1.54, 1.807) is 4.90 Å². The van der Waals surface area contributed by atoms with Crippen molar-refractivity contribution in [2.24, 2.45) is 0 Å². The fourth-order valence-electron chi connectivity index (χ4n) is 5.39. The number of nitrogens with one attached hydrogen (secondary N) is 1. The van der Waals surface area contributed by atoms with Crippen LogP contribution in [0.3, 0.4) is 0 Å². The summed E-state index contributed by atoms with van der Waals surface area (Å²) < 4.78 is 11.1. The Kier molecular flexibility index (Phi) is 6.38. The van der Waals surface area contributed by atoms with Crippen LogP contribution in [0, 0.1) is 0 Å². The molecule has 0 saturated carbocycles. The van der Waals surface area contributed by atoms with Gasteiger partial charge in [-0.15, -0.1) is 0 Å². The Labute approximate surface area is 204 Å². The fourth-order valence-corrected chi connectivity index (χ4v) is 5.39. The number of benzene rings is 2. The molecule has 0 unspecified atom stereocenters. The minimum absolute atomic E-state index is 0.143. The van der Waals surface area contributed by atoms with Crippen LogP contribution in [0.5, 0.6) is 11.5 Å². The molecule has 1 aromatic heterocycles. The van der Waals surface area contributed by atoms with E-state index in [-0.39, 0.29) is 25.7 Å². The monoisotopic (exact) mass is 477 g/mol. The Hall–Kier alpha value is -3.52. The Bertz CT molecular complexity index is 1250. The number of aliphatic carboxylic acids is 1. The van der Waals surface area contributed by atoms with Gasteiger partial charge in [0.1, 0.15) is 6.04 Å². The van der Waals surface area contributed by atoms with Crippen molar-refractivity contribution < 1.29 is 24.2 Å². The van der Waals surface area contributed by atoms with Crippen molar-refractivity contribution in [2.45, 2.75) is 45.2 Å². The van der Waals surface area contributed by atoms with Gasteiger partial charge >= 0.3 is 5.97 Å². The number of para-hydroxylation sites is 1. The number of rotatable bonds is 8. The summed E-state index contributed by atoms with van der Waals surface area (Å²) in [6, 6.07) is 11.9. The van der Waals surface area contributed by atoms with Gasteiger partial charge in [-0.3, -0.25) is 9.69 Å². The molecule has 0 spiro atoms. The second kappa shape index (κ2) is 9.62. The van der Waals surface area contributed by atoms with Crippen LogP contribution in [0.2, 0.25) is 0 Å². The number of ether oxygens (including phenoxy) is 2. The largest absolute Gasteiger partial charge is 0.480 e. The summed E-state index contributed by atoms with van der Waals surface area (Å²) in [6.07, 6.45) is 2.10. The molecule has 0 saturated heterocycles. The number of carboxylic acids is 1. The average molecular weight is 478 g/mol. The number of hydrogen-bond donors (Lipinski definition) is 2. The first-order valence-corrected chi connectivity index (χ1v) is 12.3. The molecule has 35 heavy (non-hydrogen) atoms. The predicted octanol–water partition coefficient (Wildman–Crippen LogP) is 3.95. The number of aromatic amines is 1. The fraction of sp³-hybridized carbons (Fsp3) is 0.407. The standard InChI is InChI=1S/C27H31N3O5/c1-3-11-29(12-4-2)15-24(31)30-21(27(32)33)14-19-18-7-5-6-8-20(18)28-25(19)26(30)17-9-10-22-23(13-17)35-16-34-22/h5-10,13,21,26,28H,3-4,11-12,14-16H2,1-2H3,(H,32,33)/t21-,26-/m0/s1. The molecule has 0 fully saturated rings. The highest BCUT2D eigenvalue weighted by Gasteiger charge is 2.44. The quantitative estimate of drug-likeness (QED) is 0.510. The maximum Gasteiger partial charge on any atom is 0.326 e. The van der Waals surface area contributed by atoms with Crippen LogP contribution in [0.4, 0.5) is 0 Å². The van der Waals surface area contributed by atoms with Gasteiger partial charge in [-0.1, -0.05) is 38.1 Å². The molecule has 1 amide bonds. The third kappa shape index (κ3) is 4.23. The summed E-state index contributed by atoms with van der Waals surface area (Å²) in [5.41, 5.74) is 3.52. The SMILES string of the molecule is CCCN(CCC)CC(=O)N1[C@@H](c2ccc3c(c2)OCO3)c2[nH]c3ccccc3c2C[C@H]1C(=O)O. The maximum absolute atomic E-state index is 13.9. The van der Waals surface area contributed by atoms with E-state index in [4.69, 9.17) is 9.47 Å². The zero-order valence-electron chi connectivity index (χ0n) is 20.1. The van der Waals surface area contributed by atoms with Crippen LogP contribution < -0.4 is 9.47 Å². The van der Waals surface area contributed by atoms with Gasteiger partial charge in [0.2, 0.25) is 12.7 Å². The summed E-state index contributed by atoms with van der Waals surface area (Å²) in [7, 11) is 0. The predicted molar refractivity (Wildman–Crippen MR) is 132 cm³/mol. The van der Waals surface area contributed by atoms with Crippen molar-refractivity contribution in [1.29, 1.82) is 0 Å². The van der Waals surface area contributed by atoms with Gasteiger partial charge in [0.05, 0.1) is 12.6 Å². The Balaban J connectivity index is 1.64. The Morgan fingerprint density at radius 2 is 1.83 bits per heavy atom. The van der Waals surface area contributed by atoms with Crippen LogP contribution >= 0.6 is 0 Å². The minimum atomic E-state index is -1.00. The van der Waals surface area contributed by atoms with E-state index < -0.39 is 18.1 Å². The summed E-state index contributed by atoms with van der Waals surface area (Å²) in [4.78, 5) is 33.6. The normalized spacial score (nSPS) is 18.8. The molecule has 2 aliphatic rings. The highest BCUT2D eigenvalue weighted by atomic mass is 16.7. The zero-order chi connectivity index (χ0) is 24.5. The summed E-state index contributed by atoms with van der Waals surface area (Å²) in [6.45, 7) is 6.07. The van der Waals surface area contributed by atoms with Crippen molar-refractivity contribution in [1.82, 2.24) is 14.8 Å². The molecular weight excluding hydrogens is 446 g/mol. The molecule has 0 radical (unpaired) electrons. The van der Waals surface area contributed by atoms with Crippen LogP contribution in [0.1, 0.15) is 49.6 Å². The molecule has 2 aliphatic heterocycles. The highest BCUT2D eigenvalue weighted by molar-refractivity contribution is 5.91. The smallest absolute Gasteiger partial charge is 0.326 e. The lowest BCUT2D eigenvalue weighted by atomic mass is 9.87. The number of carbonyl (C=O) groups is 2. The van der Waals surface area contributed by atoms with Crippen LogP contribution in [-0.4, -0.2) is 64.2 Å². The molecule has 2 aromatic carbocycles. The molecule has 0 bridgehead atoms. The first-order valence-electron chi connectivity index (χ1n) is 12.3. The van der Waals surface area contributed by atoms with Crippen molar-refractivity contribution in [3.05, 3.63) is 59.3 Å². The molecule has 3 heterocycles. The molecule has 5 rings (SSSR count). The second-order valence-corrected chi connectivity index (χ2v) is 9.21. The van der Waals surface area contributed by atoms with Crippen molar-refractivity contribution in [3.8, 4) is 11.5 Å². The molecule has 2 N–H and O–H groups in total. The highest BCUT2D eigenvalue weighted by Crippen LogP contribution is 2.43. The first kappa shape index (κ1) is 23.2. The maximum atomic E-state index is 13.9. The van der Waals surface area contributed by atoms with Crippen molar-refractivity contribution in [2.75, 3.05) is 26.4 Å². The lowest BCUT2D eigenvalue weighted by Gasteiger charge is -2.41. The Morgan fingerprint density at radius 1 is 1.09 bits per heavy atom. The number of carboxylic acid groups (broad SMARTS) is 1. The third-order valence-corrected chi connectivity index (χ3v) is 6.86. The number of fused-ring (bicyclic) bond motifs is 4. The van der Waals surface area contributed by atoms with Gasteiger partial charge < -0.3 is 24.5 Å². The molecule has 0 aliphatic carbocycles. The van der Waals surface area contributed by atoms with Gasteiger partial charge in [0, 0.05) is 23.0 Å². The van der Waals surface area contributed by atoms with E-state index in [0.717, 1.165) is 53.7 Å². The zero-order valence-corrected chi connectivity index (χ0v) is 20.1.